The van der Waals surface area contributed by atoms with Gasteiger partial charge in [0.1, 0.15) is 12.4 Å². The quantitative estimate of drug-likeness (QED) is 0.232. The van der Waals surface area contributed by atoms with Gasteiger partial charge in [-0.25, -0.2) is 0 Å². The number of azide groups is 1. The molecule has 3 rings (SSSR count). The number of terminal acetylenes is 1. The molecule has 12 heteroatoms. The maximum atomic E-state index is 13.3. The molecular formula is C23H19ClF3N5O3. The van der Waals surface area contributed by atoms with Crippen molar-refractivity contribution in [1.29, 1.82) is 0 Å². The molecule has 1 aliphatic heterocycles. The van der Waals surface area contributed by atoms with Gasteiger partial charge in [0.05, 0.1) is 22.2 Å². The Morgan fingerprint density at radius 3 is 2.77 bits per heavy atom. The summed E-state index contributed by atoms with van der Waals surface area (Å²) in [7, 11) is 0. The van der Waals surface area contributed by atoms with Crippen LogP contribution < -0.4 is 10.1 Å². The number of anilines is 1. The lowest BCUT2D eigenvalue weighted by atomic mass is 9.96. The molecule has 0 aliphatic carbocycles. The Kier molecular flexibility index (Phi) is 8.12. The van der Waals surface area contributed by atoms with E-state index < -0.39 is 29.5 Å². The summed E-state index contributed by atoms with van der Waals surface area (Å²) in [6.45, 7) is 0.0344. The highest BCUT2D eigenvalue weighted by Crippen LogP contribution is 2.34. The van der Waals surface area contributed by atoms with Crippen LogP contribution in [0.3, 0.4) is 0 Å². The van der Waals surface area contributed by atoms with Gasteiger partial charge in [-0.3, -0.25) is 9.59 Å². The number of amides is 2. The van der Waals surface area contributed by atoms with Gasteiger partial charge in [-0.05, 0) is 54.8 Å². The number of ether oxygens (including phenoxy) is 1. The molecule has 0 bridgehead atoms. The molecule has 1 N–H and O–H groups in total. The van der Waals surface area contributed by atoms with Crippen LogP contribution in [0.15, 0.2) is 41.5 Å². The van der Waals surface area contributed by atoms with E-state index in [1.54, 1.807) is 0 Å². The van der Waals surface area contributed by atoms with Crippen molar-refractivity contribution in [3.8, 4) is 18.1 Å². The molecule has 2 aromatic rings. The summed E-state index contributed by atoms with van der Waals surface area (Å²) >= 11 is 5.94. The minimum Gasteiger partial charge on any atom is -0.481 e. The van der Waals surface area contributed by atoms with Crippen molar-refractivity contribution in [1.82, 2.24) is 4.90 Å². The van der Waals surface area contributed by atoms with E-state index in [-0.39, 0.29) is 41.7 Å². The van der Waals surface area contributed by atoms with Crippen LogP contribution in [-0.2, 0) is 11.0 Å². The number of alkyl halides is 3. The molecule has 1 saturated heterocycles. The molecule has 0 radical (unpaired) electrons. The summed E-state index contributed by atoms with van der Waals surface area (Å²) in [5, 5.41) is 6.35. The van der Waals surface area contributed by atoms with E-state index in [2.05, 4.69) is 21.3 Å². The van der Waals surface area contributed by atoms with Crippen LogP contribution in [0.25, 0.3) is 10.4 Å². The van der Waals surface area contributed by atoms with Crippen LogP contribution >= 0.6 is 11.6 Å². The van der Waals surface area contributed by atoms with E-state index in [1.807, 2.05) is 0 Å². The van der Waals surface area contributed by atoms with E-state index >= 15 is 0 Å². The van der Waals surface area contributed by atoms with Crippen molar-refractivity contribution >= 4 is 34.8 Å². The summed E-state index contributed by atoms with van der Waals surface area (Å²) in [6, 6.07) is 7.13. The van der Waals surface area contributed by atoms with Crippen LogP contribution in [0.5, 0.6) is 5.75 Å². The highest BCUT2D eigenvalue weighted by Gasteiger charge is 2.34. The number of hydrogen-bond donors (Lipinski definition) is 1. The third-order valence-electron chi connectivity index (χ3n) is 5.25. The summed E-state index contributed by atoms with van der Waals surface area (Å²) in [6.07, 6.45) is 1.37. The lowest BCUT2D eigenvalue weighted by molar-refractivity contribution is -0.137. The van der Waals surface area contributed by atoms with Crippen molar-refractivity contribution in [2.75, 3.05) is 25.0 Å². The van der Waals surface area contributed by atoms with E-state index in [0.29, 0.717) is 18.5 Å². The molecule has 0 spiro atoms. The Morgan fingerprint density at radius 2 is 2.09 bits per heavy atom. The fraction of sp³-hybridized carbons (Fsp3) is 0.304. The van der Waals surface area contributed by atoms with Gasteiger partial charge in [-0.2, -0.15) is 13.2 Å². The molecule has 182 valence electrons. The predicted octanol–water partition coefficient (Wildman–Crippen LogP) is 5.80. The first-order valence-electron chi connectivity index (χ1n) is 10.4. The van der Waals surface area contributed by atoms with E-state index in [1.165, 1.54) is 29.2 Å². The lowest BCUT2D eigenvalue weighted by Crippen LogP contribution is -2.43. The van der Waals surface area contributed by atoms with Crippen LogP contribution in [0.4, 0.5) is 24.5 Å². The average molecular weight is 506 g/mol. The highest BCUT2D eigenvalue weighted by molar-refractivity contribution is 6.33. The SMILES string of the molecule is C#CCOc1cc(C(=O)N2CCCC(C(=O)Nc3ccc(Cl)c(N=[N+]=[N-])c3)C2)cc(C(F)(F)F)c1. The number of nitrogens with zero attached hydrogens (tertiary/aromatic N) is 4. The fourth-order valence-electron chi connectivity index (χ4n) is 3.61. The Morgan fingerprint density at radius 1 is 1.31 bits per heavy atom. The molecule has 1 aliphatic rings. The first-order chi connectivity index (χ1) is 16.6. The van der Waals surface area contributed by atoms with Crippen LogP contribution in [0, 0.1) is 18.3 Å². The van der Waals surface area contributed by atoms with Crippen molar-refractivity contribution < 1.29 is 27.5 Å². The van der Waals surface area contributed by atoms with Gasteiger partial charge in [0.25, 0.3) is 5.91 Å². The molecule has 8 nitrogen and oxygen atoms in total. The van der Waals surface area contributed by atoms with E-state index in [4.69, 9.17) is 28.3 Å². The Labute approximate surface area is 203 Å². The summed E-state index contributed by atoms with van der Waals surface area (Å²) in [5.41, 5.74) is 7.84. The minimum absolute atomic E-state index is 0.0122. The number of hydrogen-bond acceptors (Lipinski definition) is 4. The standard InChI is InChI=1S/C23H19ClF3N5O3/c1-2-8-35-18-10-15(9-16(11-18)23(25,26)27)22(34)32-7-3-4-14(13-32)21(33)29-17-5-6-19(24)20(12-17)30-31-28/h1,5-6,9-12,14H,3-4,7-8,13H2,(H,29,33). The lowest BCUT2D eigenvalue weighted by Gasteiger charge is -2.32. The van der Waals surface area contributed by atoms with Crippen molar-refractivity contribution in [2.45, 2.75) is 19.0 Å². The van der Waals surface area contributed by atoms with E-state index in [0.717, 1.165) is 12.1 Å². The molecule has 2 aromatic carbocycles. The fourth-order valence-corrected chi connectivity index (χ4v) is 3.77. The van der Waals surface area contributed by atoms with Crippen molar-refractivity contribution in [3.05, 3.63) is 63.0 Å². The smallest absolute Gasteiger partial charge is 0.416 e. The van der Waals surface area contributed by atoms with Crippen LogP contribution in [-0.4, -0.2) is 36.4 Å². The predicted molar refractivity (Wildman–Crippen MR) is 123 cm³/mol. The zero-order chi connectivity index (χ0) is 25.6. The Bertz CT molecular complexity index is 1220. The average Bonchev–Trinajstić information content (AvgIpc) is 2.83. The minimum atomic E-state index is -4.69. The van der Waals surface area contributed by atoms with Gasteiger partial charge in [-0.1, -0.05) is 22.6 Å². The molecule has 0 saturated carbocycles. The maximum absolute atomic E-state index is 13.3. The number of benzene rings is 2. The first kappa shape index (κ1) is 25.7. The third-order valence-corrected chi connectivity index (χ3v) is 5.57. The second kappa shape index (κ2) is 11.0. The number of likely N-dealkylation sites (tertiary alicyclic amines) is 1. The molecule has 35 heavy (non-hydrogen) atoms. The van der Waals surface area contributed by atoms with Gasteiger partial charge in [-0.15, -0.1) is 6.42 Å². The summed E-state index contributed by atoms with van der Waals surface area (Å²) in [4.78, 5) is 29.9. The monoisotopic (exact) mass is 505 g/mol. The normalized spacial score (nSPS) is 15.5. The molecule has 1 fully saturated rings. The van der Waals surface area contributed by atoms with Gasteiger partial charge < -0.3 is 15.0 Å². The number of carbonyl (C=O) groups is 2. The number of nitrogens with one attached hydrogen (secondary N) is 1. The van der Waals surface area contributed by atoms with E-state index in [9.17, 15) is 22.8 Å². The highest BCUT2D eigenvalue weighted by atomic mass is 35.5. The molecular weight excluding hydrogens is 487 g/mol. The number of halogens is 4. The number of piperidine rings is 1. The molecule has 1 unspecified atom stereocenters. The second-order valence-corrected chi connectivity index (χ2v) is 8.08. The second-order valence-electron chi connectivity index (χ2n) is 7.67. The maximum Gasteiger partial charge on any atom is 0.416 e. The Hall–Kier alpha value is -3.87. The largest absolute Gasteiger partial charge is 0.481 e. The molecule has 2 amide bonds. The van der Waals surface area contributed by atoms with Crippen molar-refractivity contribution in [2.24, 2.45) is 11.0 Å². The zero-order valence-electron chi connectivity index (χ0n) is 18.2. The number of rotatable bonds is 6. The molecule has 1 heterocycles. The molecule has 0 aromatic heterocycles. The zero-order valence-corrected chi connectivity index (χ0v) is 18.9. The molecule has 1 atom stereocenters. The first-order valence-corrected chi connectivity index (χ1v) is 10.7. The van der Waals surface area contributed by atoms with Crippen LogP contribution in [0.2, 0.25) is 5.02 Å². The van der Waals surface area contributed by atoms with Gasteiger partial charge >= 0.3 is 6.18 Å². The number of carbonyl (C=O) groups excluding carboxylic acids is 2. The van der Waals surface area contributed by atoms with Crippen molar-refractivity contribution in [3.63, 3.8) is 0 Å². The van der Waals surface area contributed by atoms with Gasteiger partial charge in [0.15, 0.2) is 0 Å². The summed E-state index contributed by atoms with van der Waals surface area (Å²) in [5.74, 6) is 0.340. The topological polar surface area (TPSA) is 107 Å². The van der Waals surface area contributed by atoms with Gasteiger partial charge in [0.2, 0.25) is 5.91 Å². The summed E-state index contributed by atoms with van der Waals surface area (Å²) < 4.78 is 45.2. The van der Waals surface area contributed by atoms with Gasteiger partial charge in [0, 0.05) is 29.3 Å². The Balaban J connectivity index is 1.77. The third kappa shape index (κ3) is 6.59. The van der Waals surface area contributed by atoms with Crippen LogP contribution in [0.1, 0.15) is 28.8 Å².